The van der Waals surface area contributed by atoms with Crippen molar-refractivity contribution in [2.45, 2.75) is 39.0 Å². The summed E-state index contributed by atoms with van der Waals surface area (Å²) >= 11 is 0. The highest BCUT2D eigenvalue weighted by Gasteiger charge is 2.31. The zero-order valence-corrected chi connectivity index (χ0v) is 8.83. The molecule has 4 heteroatoms. The standard InChI is InChI=1S/C10H19NO3/c1-2-3-9-14-10(12)11(13)7-5-4-6-8-11/h2-9H2,1H3. The minimum Gasteiger partial charge on any atom is -0.622 e. The van der Waals surface area contributed by atoms with Gasteiger partial charge in [0, 0.05) is 0 Å². The molecule has 1 saturated heterocycles. The number of amides is 1. The van der Waals surface area contributed by atoms with Crippen molar-refractivity contribution >= 4 is 6.09 Å². The molecule has 1 amide bonds. The summed E-state index contributed by atoms with van der Waals surface area (Å²) in [5.41, 5.74) is 0. The van der Waals surface area contributed by atoms with Crippen LogP contribution in [0.15, 0.2) is 0 Å². The Labute approximate surface area is 85.0 Å². The molecule has 0 radical (unpaired) electrons. The zero-order chi connectivity index (χ0) is 10.4. The number of hydrogen-bond donors (Lipinski definition) is 0. The van der Waals surface area contributed by atoms with Crippen molar-refractivity contribution in [3.05, 3.63) is 5.21 Å². The number of hydrogen-bond acceptors (Lipinski definition) is 3. The number of nitrogens with zero attached hydrogens (tertiary/aromatic N) is 1. The molecule has 1 heterocycles. The van der Waals surface area contributed by atoms with Crippen LogP contribution in [0.25, 0.3) is 0 Å². The van der Waals surface area contributed by atoms with E-state index in [0.29, 0.717) is 19.7 Å². The van der Waals surface area contributed by atoms with E-state index in [1.54, 1.807) is 0 Å². The Hall–Kier alpha value is -0.610. The fourth-order valence-electron chi connectivity index (χ4n) is 1.63. The van der Waals surface area contributed by atoms with Crippen LogP contribution < -0.4 is 0 Å². The van der Waals surface area contributed by atoms with Gasteiger partial charge in [0.15, 0.2) is 0 Å². The lowest BCUT2D eigenvalue weighted by molar-refractivity contribution is -0.813. The lowest BCUT2D eigenvalue weighted by Crippen LogP contribution is -2.51. The van der Waals surface area contributed by atoms with E-state index in [4.69, 9.17) is 4.74 Å². The maximum atomic E-state index is 11.9. The first-order valence-corrected chi connectivity index (χ1v) is 5.44. The predicted octanol–water partition coefficient (Wildman–Crippen LogP) is 2.42. The van der Waals surface area contributed by atoms with Gasteiger partial charge >= 0.3 is 6.09 Å². The first-order valence-electron chi connectivity index (χ1n) is 5.44. The molecule has 0 aromatic heterocycles. The summed E-state index contributed by atoms with van der Waals surface area (Å²) in [5, 5.41) is 11.9. The highest BCUT2D eigenvalue weighted by molar-refractivity contribution is 5.59. The maximum Gasteiger partial charge on any atom is 0.516 e. The number of carbonyl (C=O) groups is 1. The highest BCUT2D eigenvalue weighted by atomic mass is 16.7. The van der Waals surface area contributed by atoms with E-state index in [1.807, 2.05) is 6.92 Å². The Morgan fingerprint density at radius 1 is 1.36 bits per heavy atom. The number of quaternary nitrogens is 1. The molecular formula is C10H19NO3. The number of rotatable bonds is 3. The molecule has 1 rings (SSSR count). The Morgan fingerprint density at radius 2 is 2.00 bits per heavy atom. The van der Waals surface area contributed by atoms with Crippen molar-refractivity contribution in [2.75, 3.05) is 19.7 Å². The highest BCUT2D eigenvalue weighted by Crippen LogP contribution is 2.18. The smallest absolute Gasteiger partial charge is 0.516 e. The van der Waals surface area contributed by atoms with E-state index in [-0.39, 0.29) is 0 Å². The van der Waals surface area contributed by atoms with Gasteiger partial charge in [-0.25, -0.2) is 0 Å². The molecule has 14 heavy (non-hydrogen) atoms. The summed E-state index contributed by atoms with van der Waals surface area (Å²) in [6.07, 6.45) is 3.97. The average molecular weight is 201 g/mol. The molecule has 1 aliphatic heterocycles. The van der Waals surface area contributed by atoms with Gasteiger partial charge in [-0.05, 0) is 25.7 Å². The summed E-state index contributed by atoms with van der Waals surface area (Å²) in [5.74, 6) is 0. The van der Waals surface area contributed by atoms with Gasteiger partial charge in [0.2, 0.25) is 0 Å². The van der Waals surface area contributed by atoms with Crippen LogP contribution in [0, 0.1) is 5.21 Å². The van der Waals surface area contributed by atoms with Crippen LogP contribution in [0.2, 0.25) is 0 Å². The third-order valence-electron chi connectivity index (χ3n) is 2.59. The molecule has 0 bridgehead atoms. The molecule has 0 N–H and O–H groups in total. The van der Waals surface area contributed by atoms with Crippen LogP contribution in [0.5, 0.6) is 0 Å². The van der Waals surface area contributed by atoms with Gasteiger partial charge in [-0.1, -0.05) is 13.3 Å². The largest absolute Gasteiger partial charge is 0.622 e. The Bertz CT molecular complexity index is 188. The van der Waals surface area contributed by atoms with E-state index in [2.05, 4.69) is 0 Å². The number of hydroxylamine groups is 3. The third-order valence-corrected chi connectivity index (χ3v) is 2.59. The van der Waals surface area contributed by atoms with Crippen LogP contribution in [0.1, 0.15) is 39.0 Å². The van der Waals surface area contributed by atoms with E-state index in [9.17, 15) is 10.0 Å². The van der Waals surface area contributed by atoms with Crippen molar-refractivity contribution < 1.29 is 14.2 Å². The second-order valence-corrected chi connectivity index (χ2v) is 3.87. The molecule has 82 valence electrons. The molecule has 4 nitrogen and oxygen atoms in total. The number of likely N-dealkylation sites (tertiary alicyclic amines) is 1. The summed E-state index contributed by atoms with van der Waals surface area (Å²) in [6, 6.07) is 0. The van der Waals surface area contributed by atoms with Crippen LogP contribution in [-0.4, -0.2) is 30.4 Å². The van der Waals surface area contributed by atoms with Crippen molar-refractivity contribution in [2.24, 2.45) is 0 Å². The molecule has 0 aliphatic carbocycles. The normalized spacial score (nSPS) is 20.4. The topological polar surface area (TPSA) is 49.4 Å². The van der Waals surface area contributed by atoms with Gasteiger partial charge in [-0.15, -0.1) is 0 Å². The van der Waals surface area contributed by atoms with Gasteiger partial charge in [-0.3, -0.25) is 4.65 Å². The third kappa shape index (κ3) is 2.96. The minimum atomic E-state index is -0.760. The lowest BCUT2D eigenvalue weighted by Gasteiger charge is -2.40. The van der Waals surface area contributed by atoms with Crippen molar-refractivity contribution in [1.82, 2.24) is 0 Å². The molecule has 0 aromatic carbocycles. The molecule has 0 spiro atoms. The molecular weight excluding hydrogens is 182 g/mol. The van der Waals surface area contributed by atoms with Crippen LogP contribution in [0.4, 0.5) is 4.79 Å². The number of piperidine rings is 1. The molecule has 0 aromatic rings. The Kier molecular flexibility index (Phi) is 4.35. The molecule has 1 fully saturated rings. The van der Waals surface area contributed by atoms with Crippen LogP contribution in [0.3, 0.4) is 0 Å². The SMILES string of the molecule is CCCCOC(=O)[N+]1([O-])CCCCC1. The first-order chi connectivity index (χ1) is 6.69. The minimum absolute atomic E-state index is 0.386. The second kappa shape index (κ2) is 5.32. The Balaban J connectivity index is 2.33. The lowest BCUT2D eigenvalue weighted by atomic mass is 10.1. The zero-order valence-electron chi connectivity index (χ0n) is 8.83. The van der Waals surface area contributed by atoms with Gasteiger partial charge in [0.05, 0.1) is 19.7 Å². The molecule has 0 atom stereocenters. The predicted molar refractivity (Wildman–Crippen MR) is 53.5 cm³/mol. The number of carbonyl (C=O) groups excluding carboxylic acids is 1. The quantitative estimate of drug-likeness (QED) is 0.400. The van der Waals surface area contributed by atoms with Gasteiger partial charge in [0.1, 0.15) is 0 Å². The number of unbranched alkanes of at least 4 members (excludes halogenated alkanes) is 1. The van der Waals surface area contributed by atoms with Crippen molar-refractivity contribution in [3.63, 3.8) is 0 Å². The van der Waals surface area contributed by atoms with Gasteiger partial charge < -0.3 is 9.94 Å². The number of ether oxygens (including phenoxy) is 1. The van der Waals surface area contributed by atoms with E-state index >= 15 is 0 Å². The van der Waals surface area contributed by atoms with E-state index in [0.717, 1.165) is 32.1 Å². The van der Waals surface area contributed by atoms with Crippen molar-refractivity contribution in [1.29, 1.82) is 0 Å². The van der Waals surface area contributed by atoms with Crippen molar-refractivity contribution in [3.8, 4) is 0 Å². The van der Waals surface area contributed by atoms with E-state index in [1.165, 1.54) is 0 Å². The fourth-order valence-corrected chi connectivity index (χ4v) is 1.63. The summed E-state index contributed by atoms with van der Waals surface area (Å²) in [6.45, 7) is 3.20. The van der Waals surface area contributed by atoms with Crippen LogP contribution in [-0.2, 0) is 4.74 Å². The first kappa shape index (κ1) is 11.5. The fraction of sp³-hybridized carbons (Fsp3) is 0.900. The maximum absolute atomic E-state index is 11.9. The van der Waals surface area contributed by atoms with Gasteiger partial charge in [-0.2, -0.15) is 4.79 Å². The summed E-state index contributed by atoms with van der Waals surface area (Å²) < 4.78 is 4.19. The molecule has 0 unspecified atom stereocenters. The molecule has 0 saturated carbocycles. The van der Waals surface area contributed by atoms with Crippen LogP contribution >= 0.6 is 0 Å². The second-order valence-electron chi connectivity index (χ2n) is 3.87. The van der Waals surface area contributed by atoms with E-state index < -0.39 is 10.7 Å². The monoisotopic (exact) mass is 201 g/mol. The summed E-state index contributed by atoms with van der Waals surface area (Å²) in [7, 11) is 0. The Morgan fingerprint density at radius 3 is 2.57 bits per heavy atom. The summed E-state index contributed by atoms with van der Waals surface area (Å²) in [4.78, 5) is 11.4. The molecule has 1 aliphatic rings. The van der Waals surface area contributed by atoms with Gasteiger partial charge in [0.25, 0.3) is 0 Å². The average Bonchev–Trinajstić information content (AvgIpc) is 2.19.